The highest BCUT2D eigenvalue weighted by Gasteiger charge is 2.17. The Kier molecular flexibility index (Phi) is 6.65. The van der Waals surface area contributed by atoms with E-state index in [1.807, 2.05) is 12.3 Å². The summed E-state index contributed by atoms with van der Waals surface area (Å²) in [6.45, 7) is 10.2. The Balaban J connectivity index is 1.97. The van der Waals surface area contributed by atoms with E-state index in [2.05, 4.69) is 57.4 Å². The maximum absolute atomic E-state index is 4.61. The second kappa shape index (κ2) is 8.72. The highest BCUT2D eigenvalue weighted by Crippen LogP contribution is 2.18. The Morgan fingerprint density at radius 3 is 2.65 bits per heavy atom. The van der Waals surface area contributed by atoms with Crippen LogP contribution in [-0.4, -0.2) is 62.7 Å². The minimum Gasteiger partial charge on any atom is -0.356 e. The fraction of sp³-hybridized carbons (Fsp3) is 0.647. The average molecular weight is 318 g/mol. The molecule has 1 aliphatic rings. The predicted octanol–water partition coefficient (Wildman–Crippen LogP) is 1.15. The van der Waals surface area contributed by atoms with Crippen LogP contribution in [0.3, 0.4) is 0 Å². The first-order valence-electron chi connectivity index (χ1n) is 8.42. The van der Waals surface area contributed by atoms with E-state index >= 15 is 0 Å². The molecule has 0 radical (unpaired) electrons. The number of nitrogens with one attached hydrogen (secondary N) is 2. The van der Waals surface area contributed by atoms with E-state index in [9.17, 15) is 0 Å². The van der Waals surface area contributed by atoms with E-state index in [4.69, 9.17) is 0 Å². The lowest BCUT2D eigenvalue weighted by molar-refractivity contribution is 0.312. The van der Waals surface area contributed by atoms with Crippen LogP contribution in [0.15, 0.2) is 23.3 Å². The number of nitrogens with zero attached hydrogens (tertiary/aromatic N) is 4. The van der Waals surface area contributed by atoms with Gasteiger partial charge in [-0.15, -0.1) is 0 Å². The summed E-state index contributed by atoms with van der Waals surface area (Å²) in [7, 11) is 3.98. The Labute approximate surface area is 140 Å². The minimum absolute atomic E-state index is 0.591. The van der Waals surface area contributed by atoms with Crippen LogP contribution in [0.5, 0.6) is 0 Å². The number of hydrogen-bond acceptors (Lipinski definition) is 4. The van der Waals surface area contributed by atoms with Gasteiger partial charge in [-0.05, 0) is 19.0 Å². The van der Waals surface area contributed by atoms with Gasteiger partial charge in [-0.3, -0.25) is 4.99 Å². The molecule has 0 amide bonds. The van der Waals surface area contributed by atoms with Gasteiger partial charge in [0.25, 0.3) is 0 Å². The lowest BCUT2D eigenvalue weighted by Crippen LogP contribution is -2.45. The van der Waals surface area contributed by atoms with Crippen molar-refractivity contribution in [3.8, 4) is 0 Å². The van der Waals surface area contributed by atoms with E-state index in [0.717, 1.165) is 51.0 Å². The molecule has 1 aromatic heterocycles. The van der Waals surface area contributed by atoms with Gasteiger partial charge in [-0.25, -0.2) is 4.98 Å². The molecule has 0 aliphatic carbocycles. The summed E-state index contributed by atoms with van der Waals surface area (Å²) in [4.78, 5) is 13.6. The van der Waals surface area contributed by atoms with Gasteiger partial charge in [0.05, 0.1) is 0 Å². The smallest absolute Gasteiger partial charge is 0.191 e. The van der Waals surface area contributed by atoms with E-state index < -0.39 is 0 Å². The summed E-state index contributed by atoms with van der Waals surface area (Å²) in [5, 5.41) is 6.73. The quantitative estimate of drug-likeness (QED) is 0.630. The van der Waals surface area contributed by atoms with Crippen molar-refractivity contribution in [3.63, 3.8) is 0 Å². The molecule has 1 aromatic rings. The number of guanidine groups is 1. The number of rotatable bonds is 5. The molecule has 0 aromatic carbocycles. The zero-order valence-electron chi connectivity index (χ0n) is 14.8. The maximum atomic E-state index is 4.61. The van der Waals surface area contributed by atoms with Gasteiger partial charge in [0, 0.05) is 58.1 Å². The van der Waals surface area contributed by atoms with Gasteiger partial charge >= 0.3 is 0 Å². The summed E-state index contributed by atoms with van der Waals surface area (Å²) in [6.07, 6.45) is 1.88. The molecule has 0 saturated carbocycles. The maximum Gasteiger partial charge on any atom is 0.191 e. The molecule has 23 heavy (non-hydrogen) atoms. The monoisotopic (exact) mass is 318 g/mol. The van der Waals surface area contributed by atoms with Gasteiger partial charge in [0.15, 0.2) is 5.96 Å². The van der Waals surface area contributed by atoms with E-state index in [1.165, 1.54) is 5.56 Å². The molecule has 0 atom stereocenters. The van der Waals surface area contributed by atoms with Crippen molar-refractivity contribution in [2.24, 2.45) is 10.9 Å². The molecule has 1 aliphatic heterocycles. The topological polar surface area (TPSA) is 55.8 Å². The van der Waals surface area contributed by atoms with Crippen LogP contribution in [0.1, 0.15) is 19.4 Å². The SMILES string of the molecule is CN=C(NCc1cccnc1N1CCN(C)CC1)NCC(C)C. The molecular formula is C17H30N6. The van der Waals surface area contributed by atoms with Crippen LogP contribution in [0.25, 0.3) is 0 Å². The van der Waals surface area contributed by atoms with Gasteiger partial charge in [0.1, 0.15) is 5.82 Å². The van der Waals surface area contributed by atoms with Gasteiger partial charge in [0.2, 0.25) is 0 Å². The lowest BCUT2D eigenvalue weighted by atomic mass is 10.2. The fourth-order valence-electron chi connectivity index (χ4n) is 2.57. The molecule has 1 saturated heterocycles. The largest absolute Gasteiger partial charge is 0.356 e. The van der Waals surface area contributed by atoms with Crippen LogP contribution in [0.2, 0.25) is 0 Å². The van der Waals surface area contributed by atoms with Crippen molar-refractivity contribution in [1.82, 2.24) is 20.5 Å². The molecule has 128 valence electrons. The van der Waals surface area contributed by atoms with Crippen LogP contribution in [0, 0.1) is 5.92 Å². The van der Waals surface area contributed by atoms with E-state index in [1.54, 1.807) is 7.05 Å². The third-order valence-corrected chi connectivity index (χ3v) is 4.02. The minimum atomic E-state index is 0.591. The second-order valence-electron chi connectivity index (χ2n) is 6.48. The second-order valence-corrected chi connectivity index (χ2v) is 6.48. The molecule has 1 fully saturated rings. The zero-order valence-corrected chi connectivity index (χ0v) is 14.8. The summed E-state index contributed by atoms with van der Waals surface area (Å²) < 4.78 is 0. The van der Waals surface area contributed by atoms with Crippen LogP contribution in [-0.2, 0) is 6.54 Å². The first kappa shape index (κ1) is 17.5. The van der Waals surface area contributed by atoms with Gasteiger partial charge in [-0.2, -0.15) is 0 Å². The predicted molar refractivity (Wildman–Crippen MR) is 97.0 cm³/mol. The Hall–Kier alpha value is -1.82. The summed E-state index contributed by atoms with van der Waals surface area (Å²) >= 11 is 0. The molecule has 2 rings (SSSR count). The first-order chi connectivity index (χ1) is 11.1. The Morgan fingerprint density at radius 2 is 2.00 bits per heavy atom. The summed E-state index contributed by atoms with van der Waals surface area (Å²) in [6, 6.07) is 4.14. The standard InChI is InChI=1S/C17H30N6/c1-14(2)12-20-17(18-3)21-13-15-6-5-7-19-16(15)23-10-8-22(4)9-11-23/h5-7,14H,8-13H2,1-4H3,(H2,18,20,21). The third kappa shape index (κ3) is 5.39. The van der Waals surface area contributed by atoms with Crippen molar-refractivity contribution >= 4 is 11.8 Å². The molecule has 6 nitrogen and oxygen atoms in total. The molecule has 2 N–H and O–H groups in total. The summed E-state index contributed by atoms with van der Waals surface area (Å²) in [5.74, 6) is 2.52. The fourth-order valence-corrected chi connectivity index (χ4v) is 2.57. The number of piperazine rings is 1. The number of aromatic nitrogens is 1. The van der Waals surface area contributed by atoms with E-state index in [-0.39, 0.29) is 0 Å². The number of hydrogen-bond donors (Lipinski definition) is 2. The van der Waals surface area contributed by atoms with Crippen molar-refractivity contribution in [3.05, 3.63) is 23.9 Å². The molecule has 6 heteroatoms. The normalized spacial score (nSPS) is 16.7. The van der Waals surface area contributed by atoms with Crippen molar-refractivity contribution in [2.75, 3.05) is 51.7 Å². The molecule has 2 heterocycles. The highest BCUT2D eigenvalue weighted by atomic mass is 15.3. The Bertz CT molecular complexity index is 506. The zero-order chi connectivity index (χ0) is 16.7. The van der Waals surface area contributed by atoms with Crippen LogP contribution >= 0.6 is 0 Å². The van der Waals surface area contributed by atoms with Crippen LogP contribution < -0.4 is 15.5 Å². The number of likely N-dealkylation sites (N-methyl/N-ethyl adjacent to an activating group) is 1. The number of anilines is 1. The Morgan fingerprint density at radius 1 is 1.26 bits per heavy atom. The van der Waals surface area contributed by atoms with Crippen molar-refractivity contribution in [2.45, 2.75) is 20.4 Å². The molecule has 0 unspecified atom stereocenters. The highest BCUT2D eigenvalue weighted by molar-refractivity contribution is 5.79. The van der Waals surface area contributed by atoms with Gasteiger partial charge < -0.3 is 20.4 Å². The van der Waals surface area contributed by atoms with Crippen molar-refractivity contribution in [1.29, 1.82) is 0 Å². The third-order valence-electron chi connectivity index (χ3n) is 4.02. The molecular weight excluding hydrogens is 288 g/mol. The van der Waals surface area contributed by atoms with Gasteiger partial charge in [-0.1, -0.05) is 19.9 Å². The van der Waals surface area contributed by atoms with Crippen LogP contribution in [0.4, 0.5) is 5.82 Å². The average Bonchev–Trinajstić information content (AvgIpc) is 2.56. The number of aliphatic imine (C=N–C) groups is 1. The lowest BCUT2D eigenvalue weighted by Gasteiger charge is -2.34. The molecule has 0 bridgehead atoms. The first-order valence-corrected chi connectivity index (χ1v) is 8.42. The van der Waals surface area contributed by atoms with E-state index in [0.29, 0.717) is 5.92 Å². The van der Waals surface area contributed by atoms with Crippen molar-refractivity contribution < 1.29 is 0 Å². The number of pyridine rings is 1. The molecule has 0 spiro atoms. The summed E-state index contributed by atoms with van der Waals surface area (Å²) in [5.41, 5.74) is 1.21.